The van der Waals surface area contributed by atoms with Crippen LogP contribution in [0.3, 0.4) is 0 Å². The summed E-state index contributed by atoms with van der Waals surface area (Å²) in [6, 6.07) is 4.26. The number of ether oxygens (including phenoxy) is 1. The monoisotopic (exact) mass is 275 g/mol. The van der Waals surface area contributed by atoms with Crippen LogP contribution in [0.15, 0.2) is 29.2 Å². The lowest BCUT2D eigenvalue weighted by atomic mass is 10.2. The van der Waals surface area contributed by atoms with Gasteiger partial charge in [0.05, 0.1) is 18.4 Å². The van der Waals surface area contributed by atoms with Gasteiger partial charge in [0.25, 0.3) is 5.91 Å². The fraction of sp³-hybridized carbons (Fsp3) is 0.154. The molecule has 0 bridgehead atoms. The third-order valence-electron chi connectivity index (χ3n) is 2.64. The van der Waals surface area contributed by atoms with Gasteiger partial charge in [-0.1, -0.05) is 0 Å². The summed E-state index contributed by atoms with van der Waals surface area (Å²) in [7, 11) is 1.26. The third-order valence-corrected chi connectivity index (χ3v) is 2.64. The molecule has 104 valence electrons. The highest BCUT2D eigenvalue weighted by molar-refractivity contribution is 6.07. The number of nitrogens with one attached hydrogen (secondary N) is 3. The molecular weight excluding hydrogens is 262 g/mol. The molecule has 2 aromatic rings. The van der Waals surface area contributed by atoms with E-state index in [1.165, 1.54) is 25.4 Å². The Balaban J connectivity index is 2.25. The van der Waals surface area contributed by atoms with Crippen LogP contribution in [-0.2, 0) is 4.74 Å². The van der Waals surface area contributed by atoms with E-state index in [1.807, 2.05) is 0 Å². The maximum Gasteiger partial charge on any atom is 0.356 e. The first-order chi connectivity index (χ1) is 9.51. The molecule has 0 radical (unpaired) electrons. The Hall–Kier alpha value is -2.83. The van der Waals surface area contributed by atoms with Gasteiger partial charge < -0.3 is 20.0 Å². The number of hydrogen-bond acceptors (Lipinski definition) is 4. The van der Waals surface area contributed by atoms with Crippen molar-refractivity contribution < 1.29 is 14.3 Å². The van der Waals surface area contributed by atoms with Crippen molar-refractivity contribution in [3.8, 4) is 0 Å². The molecule has 7 heteroatoms. The first-order valence-corrected chi connectivity index (χ1v) is 5.79. The van der Waals surface area contributed by atoms with Gasteiger partial charge in [0.1, 0.15) is 5.69 Å². The summed E-state index contributed by atoms with van der Waals surface area (Å²) in [5.41, 5.74) is 1.18. The molecule has 2 aromatic heterocycles. The van der Waals surface area contributed by atoms with Gasteiger partial charge in [0.2, 0.25) is 5.56 Å². The largest absolute Gasteiger partial charge is 0.464 e. The third kappa shape index (κ3) is 2.77. The van der Waals surface area contributed by atoms with Crippen molar-refractivity contribution in [2.75, 3.05) is 12.4 Å². The van der Waals surface area contributed by atoms with E-state index >= 15 is 0 Å². The van der Waals surface area contributed by atoms with Crippen LogP contribution in [0.1, 0.15) is 26.5 Å². The normalized spacial score (nSPS) is 10.1. The summed E-state index contributed by atoms with van der Waals surface area (Å²) in [4.78, 5) is 39.7. The summed E-state index contributed by atoms with van der Waals surface area (Å²) >= 11 is 0. The van der Waals surface area contributed by atoms with Crippen molar-refractivity contribution >= 4 is 17.6 Å². The van der Waals surface area contributed by atoms with Gasteiger partial charge in [-0.25, -0.2) is 4.79 Å². The quantitative estimate of drug-likeness (QED) is 0.728. The average molecular weight is 275 g/mol. The number of aryl methyl sites for hydroxylation is 1. The van der Waals surface area contributed by atoms with E-state index in [9.17, 15) is 14.4 Å². The minimum absolute atomic E-state index is 0.169. The van der Waals surface area contributed by atoms with Gasteiger partial charge in [0, 0.05) is 18.0 Å². The van der Waals surface area contributed by atoms with E-state index < -0.39 is 11.9 Å². The van der Waals surface area contributed by atoms with Crippen LogP contribution >= 0.6 is 0 Å². The first kappa shape index (κ1) is 13.6. The zero-order chi connectivity index (χ0) is 14.7. The number of H-pyrrole nitrogens is 2. The molecule has 0 aliphatic heterocycles. The predicted octanol–water partition coefficient (Wildman–Crippen LogP) is 1.05. The predicted molar refractivity (Wildman–Crippen MR) is 71.9 cm³/mol. The highest BCUT2D eigenvalue weighted by atomic mass is 16.5. The molecule has 3 N–H and O–H groups in total. The number of carbonyl (C=O) groups excluding carboxylic acids is 2. The van der Waals surface area contributed by atoms with Crippen LogP contribution < -0.4 is 10.9 Å². The van der Waals surface area contributed by atoms with Crippen molar-refractivity contribution in [3.05, 3.63) is 51.7 Å². The second kappa shape index (κ2) is 5.43. The number of anilines is 1. The zero-order valence-electron chi connectivity index (χ0n) is 10.9. The summed E-state index contributed by atoms with van der Waals surface area (Å²) in [5, 5.41) is 2.59. The van der Waals surface area contributed by atoms with E-state index in [4.69, 9.17) is 0 Å². The van der Waals surface area contributed by atoms with Gasteiger partial charge in [-0.3, -0.25) is 9.59 Å². The summed E-state index contributed by atoms with van der Waals surface area (Å²) < 4.78 is 4.62. The standard InChI is InChI=1S/C13H13N3O4/c1-7-5-9(11(15-7)13(19)20-2)16-12(18)8-3-4-10(17)14-6-8/h3-6,15H,1-2H3,(H,14,17)(H,16,18). The maximum atomic E-state index is 12.0. The Labute approximate surface area is 114 Å². The number of amides is 1. The average Bonchev–Trinajstić information content (AvgIpc) is 2.79. The molecular formula is C13H13N3O4. The van der Waals surface area contributed by atoms with Gasteiger partial charge >= 0.3 is 5.97 Å². The van der Waals surface area contributed by atoms with Gasteiger partial charge in [0.15, 0.2) is 0 Å². The number of carbonyl (C=O) groups is 2. The molecule has 0 aliphatic carbocycles. The molecule has 2 rings (SSSR count). The van der Waals surface area contributed by atoms with Crippen LogP contribution in [-0.4, -0.2) is 29.0 Å². The SMILES string of the molecule is COC(=O)c1[nH]c(C)cc1NC(=O)c1ccc(=O)[nH]c1. The molecule has 0 aliphatic rings. The smallest absolute Gasteiger partial charge is 0.356 e. The van der Waals surface area contributed by atoms with Crippen molar-refractivity contribution in [2.45, 2.75) is 6.92 Å². The minimum Gasteiger partial charge on any atom is -0.464 e. The molecule has 0 spiro atoms. The molecule has 0 atom stereocenters. The van der Waals surface area contributed by atoms with Gasteiger partial charge in [-0.15, -0.1) is 0 Å². The lowest BCUT2D eigenvalue weighted by molar-refractivity contribution is 0.0596. The van der Waals surface area contributed by atoms with Crippen LogP contribution in [0, 0.1) is 6.92 Å². The molecule has 7 nitrogen and oxygen atoms in total. The second-order valence-electron chi connectivity index (χ2n) is 4.13. The lowest BCUT2D eigenvalue weighted by Crippen LogP contribution is -2.16. The Morgan fingerprint density at radius 3 is 2.65 bits per heavy atom. The number of aromatic nitrogens is 2. The first-order valence-electron chi connectivity index (χ1n) is 5.79. The summed E-state index contributed by atoms with van der Waals surface area (Å²) in [6.45, 7) is 1.75. The van der Waals surface area contributed by atoms with Crippen molar-refractivity contribution in [3.63, 3.8) is 0 Å². The van der Waals surface area contributed by atoms with Gasteiger partial charge in [-0.2, -0.15) is 0 Å². The fourth-order valence-corrected chi connectivity index (χ4v) is 1.70. The van der Waals surface area contributed by atoms with Crippen LogP contribution in [0.2, 0.25) is 0 Å². The highest BCUT2D eigenvalue weighted by Crippen LogP contribution is 2.18. The number of rotatable bonds is 3. The van der Waals surface area contributed by atoms with Crippen LogP contribution in [0.5, 0.6) is 0 Å². The van der Waals surface area contributed by atoms with E-state index in [0.717, 1.165) is 0 Å². The molecule has 2 heterocycles. The number of hydrogen-bond donors (Lipinski definition) is 3. The van der Waals surface area contributed by atoms with Crippen LogP contribution in [0.25, 0.3) is 0 Å². The van der Waals surface area contributed by atoms with Crippen molar-refractivity contribution in [1.82, 2.24) is 9.97 Å². The Morgan fingerprint density at radius 2 is 2.05 bits per heavy atom. The number of methoxy groups -OCH3 is 1. The van der Waals surface area contributed by atoms with Crippen molar-refractivity contribution in [2.24, 2.45) is 0 Å². The zero-order valence-corrected chi connectivity index (χ0v) is 10.9. The summed E-state index contributed by atoms with van der Waals surface area (Å²) in [5.74, 6) is -1.01. The van der Waals surface area contributed by atoms with E-state index in [-0.39, 0.29) is 16.8 Å². The number of esters is 1. The molecule has 0 unspecified atom stereocenters. The number of aromatic amines is 2. The van der Waals surface area contributed by atoms with E-state index in [0.29, 0.717) is 11.4 Å². The molecule has 0 fully saturated rings. The molecule has 0 aromatic carbocycles. The highest BCUT2D eigenvalue weighted by Gasteiger charge is 2.17. The Morgan fingerprint density at radius 1 is 1.30 bits per heavy atom. The maximum absolute atomic E-state index is 12.0. The summed E-state index contributed by atoms with van der Waals surface area (Å²) in [6.07, 6.45) is 1.30. The van der Waals surface area contributed by atoms with Gasteiger partial charge in [-0.05, 0) is 19.1 Å². The Kier molecular flexibility index (Phi) is 3.69. The van der Waals surface area contributed by atoms with Crippen LogP contribution in [0.4, 0.5) is 5.69 Å². The lowest BCUT2D eigenvalue weighted by Gasteiger charge is -2.05. The molecule has 1 amide bonds. The van der Waals surface area contributed by atoms with E-state index in [1.54, 1.807) is 13.0 Å². The second-order valence-corrected chi connectivity index (χ2v) is 4.13. The molecule has 0 saturated heterocycles. The number of pyridine rings is 1. The minimum atomic E-state index is -0.574. The fourth-order valence-electron chi connectivity index (χ4n) is 1.70. The Bertz CT molecular complexity index is 694. The topological polar surface area (TPSA) is 104 Å². The van der Waals surface area contributed by atoms with Crippen molar-refractivity contribution in [1.29, 1.82) is 0 Å². The van der Waals surface area contributed by atoms with E-state index in [2.05, 4.69) is 20.0 Å². The molecule has 20 heavy (non-hydrogen) atoms. The molecule has 0 saturated carbocycles.